The van der Waals surface area contributed by atoms with E-state index in [1.807, 2.05) is 0 Å². The molecule has 3 heteroatoms. The zero-order valence-corrected chi connectivity index (χ0v) is 15.5. The smallest absolute Gasteiger partial charge is 0.212 e. The van der Waals surface area contributed by atoms with Gasteiger partial charge in [-0.1, -0.05) is 12.1 Å². The van der Waals surface area contributed by atoms with Crippen molar-refractivity contribution < 1.29 is 26.3 Å². The third-order valence-corrected chi connectivity index (χ3v) is 6.73. The molecule has 0 radical (unpaired) electrons. The van der Waals surface area contributed by atoms with Crippen molar-refractivity contribution in [3.05, 3.63) is 42.6 Å². The molecule has 1 aromatic heterocycles. The third kappa shape index (κ3) is 2.52. The van der Waals surface area contributed by atoms with Crippen LogP contribution in [0.15, 0.2) is 42.6 Å². The first kappa shape index (κ1) is 16.3. The predicted molar refractivity (Wildman–Crippen MR) is 89.8 cm³/mol. The van der Waals surface area contributed by atoms with Gasteiger partial charge in [0.1, 0.15) is 0 Å². The first-order chi connectivity index (χ1) is 11.2. The summed E-state index contributed by atoms with van der Waals surface area (Å²) in [6.45, 7) is 0.549. The second-order valence-electron chi connectivity index (χ2n) is 8.32. The number of carbonyl (C=O) groups is 1. The molecule has 4 aliphatic carbocycles. The van der Waals surface area contributed by atoms with E-state index in [1.54, 1.807) is 0 Å². The second kappa shape index (κ2) is 5.94. The Morgan fingerprint density at radius 3 is 2.21 bits per heavy atom. The number of nitrogens with zero attached hydrogens (tertiary/aromatic N) is 1. The molecule has 0 saturated heterocycles. The van der Waals surface area contributed by atoms with Crippen LogP contribution in [0.1, 0.15) is 38.5 Å². The molecule has 0 atom stereocenters. The molecule has 2 nitrogen and oxygen atoms in total. The number of carbonyl (C=O) groups excluding carboxylic acids is 1. The highest BCUT2D eigenvalue weighted by molar-refractivity contribution is 5.84. The summed E-state index contributed by atoms with van der Waals surface area (Å²) in [6.07, 6.45) is 9.77. The summed E-state index contributed by atoms with van der Waals surface area (Å²) in [5.74, 6) is 3.01. The maximum absolute atomic E-state index is 13.3. The topological polar surface area (TPSA) is 20.9 Å². The van der Waals surface area contributed by atoms with Crippen LogP contribution in [0.3, 0.4) is 0 Å². The fourth-order valence-electron chi connectivity index (χ4n) is 6.13. The number of Topliss-reactive ketones (excluding diaryl/α,β-unsaturated/α-hetero) is 1. The number of rotatable bonds is 3. The van der Waals surface area contributed by atoms with Gasteiger partial charge < -0.3 is 17.0 Å². The molecule has 0 spiro atoms. The van der Waals surface area contributed by atoms with E-state index in [4.69, 9.17) is 0 Å². The SMILES string of the molecule is O=C(C[n+]1cccc2ccccc21)C12CC3CC(CC(C3)C1)C2.[Br-]. The molecule has 0 unspecified atom stereocenters. The molecular formula is C21H24BrNO. The lowest BCUT2D eigenvalue weighted by Crippen LogP contribution is -3.00. The zero-order chi connectivity index (χ0) is 15.4. The molecule has 0 amide bonds. The lowest BCUT2D eigenvalue weighted by atomic mass is 9.48. The van der Waals surface area contributed by atoms with Gasteiger partial charge in [-0.05, 0) is 68.4 Å². The fraction of sp³-hybridized carbons (Fsp3) is 0.524. The van der Waals surface area contributed by atoms with Crippen molar-refractivity contribution in [2.24, 2.45) is 23.2 Å². The summed E-state index contributed by atoms with van der Waals surface area (Å²) in [7, 11) is 0. The number of halogens is 1. The standard InChI is InChI=1S/C21H24NO.BrH/c23-20(14-22-7-3-5-18-4-1-2-6-19(18)22)21-11-15-8-16(12-21)10-17(9-15)13-21;/h1-7,15-17H,8-14H2;1H/q+1;/p-1. The van der Waals surface area contributed by atoms with Crippen molar-refractivity contribution in [1.82, 2.24) is 0 Å². The van der Waals surface area contributed by atoms with Crippen LogP contribution < -0.4 is 21.5 Å². The summed E-state index contributed by atoms with van der Waals surface area (Å²) in [6, 6.07) is 12.6. The number of hydrogen-bond donors (Lipinski definition) is 0. The van der Waals surface area contributed by atoms with Crippen LogP contribution in [0.5, 0.6) is 0 Å². The largest absolute Gasteiger partial charge is 1.00 e. The van der Waals surface area contributed by atoms with Crippen LogP contribution in [-0.2, 0) is 11.3 Å². The van der Waals surface area contributed by atoms with E-state index >= 15 is 0 Å². The van der Waals surface area contributed by atoms with E-state index in [9.17, 15) is 4.79 Å². The minimum atomic E-state index is 0. The monoisotopic (exact) mass is 385 g/mol. The lowest BCUT2D eigenvalue weighted by molar-refractivity contribution is -0.659. The van der Waals surface area contributed by atoms with Crippen LogP contribution in [0.4, 0.5) is 0 Å². The molecular weight excluding hydrogens is 362 g/mol. The zero-order valence-electron chi connectivity index (χ0n) is 14.0. The molecule has 4 bridgehead atoms. The van der Waals surface area contributed by atoms with E-state index in [2.05, 4.69) is 47.2 Å². The number of fused-ring (bicyclic) bond motifs is 1. The first-order valence-corrected chi connectivity index (χ1v) is 9.12. The van der Waals surface area contributed by atoms with Crippen molar-refractivity contribution in [3.8, 4) is 0 Å². The maximum atomic E-state index is 13.3. The highest BCUT2D eigenvalue weighted by Gasteiger charge is 2.55. The Morgan fingerprint density at radius 1 is 0.958 bits per heavy atom. The number of pyridine rings is 1. The van der Waals surface area contributed by atoms with Gasteiger partial charge in [-0.2, -0.15) is 4.57 Å². The number of para-hydroxylation sites is 1. The van der Waals surface area contributed by atoms with Gasteiger partial charge in [0.2, 0.25) is 17.8 Å². The Morgan fingerprint density at radius 2 is 1.54 bits per heavy atom. The minimum absolute atomic E-state index is 0. The minimum Gasteiger partial charge on any atom is -1.00 e. The number of ketones is 1. The molecule has 24 heavy (non-hydrogen) atoms. The van der Waals surface area contributed by atoms with Crippen LogP contribution in [0.2, 0.25) is 0 Å². The van der Waals surface area contributed by atoms with Crippen molar-refractivity contribution in [2.45, 2.75) is 45.1 Å². The highest BCUT2D eigenvalue weighted by atomic mass is 79.9. The number of benzene rings is 1. The lowest BCUT2D eigenvalue weighted by Gasteiger charge is -2.55. The van der Waals surface area contributed by atoms with Gasteiger partial charge in [0.25, 0.3) is 0 Å². The predicted octanol–water partition coefficient (Wildman–Crippen LogP) is 0.917. The Balaban J connectivity index is 0.00000146. The average molecular weight is 386 g/mol. The molecule has 1 aromatic carbocycles. The van der Waals surface area contributed by atoms with Crippen molar-refractivity contribution >= 4 is 16.7 Å². The summed E-state index contributed by atoms with van der Waals surface area (Å²) < 4.78 is 2.16. The molecule has 0 N–H and O–H groups in total. The summed E-state index contributed by atoms with van der Waals surface area (Å²) in [5, 5.41) is 1.22. The van der Waals surface area contributed by atoms with E-state index in [0.717, 1.165) is 17.8 Å². The molecule has 126 valence electrons. The Kier molecular flexibility index (Phi) is 4.03. The Hall–Kier alpha value is -1.22. The summed E-state index contributed by atoms with van der Waals surface area (Å²) in [5.41, 5.74) is 1.19. The summed E-state index contributed by atoms with van der Waals surface area (Å²) >= 11 is 0. The average Bonchev–Trinajstić information content (AvgIpc) is 2.54. The molecule has 6 rings (SSSR count). The van der Waals surface area contributed by atoms with Crippen LogP contribution in [-0.4, -0.2) is 5.78 Å². The molecule has 4 saturated carbocycles. The van der Waals surface area contributed by atoms with Crippen LogP contribution in [0, 0.1) is 23.2 Å². The maximum Gasteiger partial charge on any atom is 0.212 e. The van der Waals surface area contributed by atoms with Crippen LogP contribution in [0.25, 0.3) is 10.9 Å². The van der Waals surface area contributed by atoms with Crippen molar-refractivity contribution in [3.63, 3.8) is 0 Å². The first-order valence-electron chi connectivity index (χ1n) is 9.12. The van der Waals surface area contributed by atoms with E-state index < -0.39 is 0 Å². The molecule has 0 aliphatic heterocycles. The molecule has 4 fully saturated rings. The van der Waals surface area contributed by atoms with Gasteiger partial charge >= 0.3 is 0 Å². The van der Waals surface area contributed by atoms with E-state index in [0.29, 0.717) is 12.3 Å². The molecule has 4 aliphatic rings. The number of hydrogen-bond acceptors (Lipinski definition) is 1. The van der Waals surface area contributed by atoms with E-state index in [-0.39, 0.29) is 22.4 Å². The summed E-state index contributed by atoms with van der Waals surface area (Å²) in [4.78, 5) is 13.3. The normalized spacial score (nSPS) is 33.4. The third-order valence-electron chi connectivity index (χ3n) is 6.73. The van der Waals surface area contributed by atoms with E-state index in [1.165, 1.54) is 49.4 Å². The van der Waals surface area contributed by atoms with Gasteiger partial charge in [-0.25, -0.2) is 0 Å². The molecule has 2 aromatic rings. The van der Waals surface area contributed by atoms with Crippen molar-refractivity contribution in [2.75, 3.05) is 0 Å². The number of aromatic nitrogens is 1. The Labute approximate surface area is 154 Å². The highest BCUT2D eigenvalue weighted by Crippen LogP contribution is 2.60. The quantitative estimate of drug-likeness (QED) is 0.719. The van der Waals surface area contributed by atoms with Crippen LogP contribution >= 0.6 is 0 Å². The van der Waals surface area contributed by atoms with Gasteiger partial charge in [0, 0.05) is 22.9 Å². The Bertz CT molecular complexity index is 744. The van der Waals surface area contributed by atoms with Gasteiger partial charge in [-0.3, -0.25) is 4.79 Å². The molecule has 1 heterocycles. The van der Waals surface area contributed by atoms with Crippen molar-refractivity contribution in [1.29, 1.82) is 0 Å². The van der Waals surface area contributed by atoms with Gasteiger partial charge in [-0.15, -0.1) is 0 Å². The fourth-order valence-corrected chi connectivity index (χ4v) is 6.13. The second-order valence-corrected chi connectivity index (χ2v) is 8.32. The van der Waals surface area contributed by atoms with Gasteiger partial charge in [0.15, 0.2) is 6.20 Å². The van der Waals surface area contributed by atoms with Gasteiger partial charge in [0.05, 0.1) is 0 Å².